The fourth-order valence-corrected chi connectivity index (χ4v) is 7.46. The van der Waals surface area contributed by atoms with Crippen LogP contribution in [0, 0.1) is 6.92 Å². The molecule has 3 N–H and O–H groups in total. The SMILES string of the molecule is Cc1ccc(C(CCCCCCc2ccccc2)(CSCCC(=O)O)C(=O)O)c(Cc2cc(C(C)(C)C)c(O)c(C(C)(C)C)c2)c1. The topological polar surface area (TPSA) is 94.8 Å². The van der Waals surface area contributed by atoms with Gasteiger partial charge in [0.25, 0.3) is 0 Å². The lowest BCUT2D eigenvalue weighted by Gasteiger charge is -2.33. The van der Waals surface area contributed by atoms with Gasteiger partial charge < -0.3 is 15.3 Å². The zero-order valence-electron chi connectivity index (χ0n) is 28.9. The monoisotopic (exact) mass is 646 g/mol. The first-order chi connectivity index (χ1) is 21.5. The number of thioether (sulfide) groups is 1. The normalized spacial score (nSPS) is 13.4. The summed E-state index contributed by atoms with van der Waals surface area (Å²) in [6.07, 6.45) is 5.82. The summed E-state index contributed by atoms with van der Waals surface area (Å²) in [5, 5.41) is 31.5. The summed E-state index contributed by atoms with van der Waals surface area (Å²) in [6.45, 7) is 14.6. The molecule has 0 heterocycles. The average molecular weight is 647 g/mol. The number of hydrogen-bond acceptors (Lipinski definition) is 4. The number of aliphatic carboxylic acids is 2. The average Bonchev–Trinajstić information content (AvgIpc) is 2.96. The van der Waals surface area contributed by atoms with E-state index in [1.165, 1.54) is 17.3 Å². The Kier molecular flexibility index (Phi) is 13.0. The molecule has 0 radical (unpaired) electrons. The van der Waals surface area contributed by atoms with Gasteiger partial charge in [0, 0.05) is 11.5 Å². The minimum atomic E-state index is -1.15. The summed E-state index contributed by atoms with van der Waals surface area (Å²) < 4.78 is 0. The molecular formula is C40H54O5S. The number of carboxylic acid groups (broad SMARTS) is 2. The lowest BCUT2D eigenvalue weighted by atomic mass is 9.73. The Morgan fingerprint density at radius 3 is 1.91 bits per heavy atom. The standard InChI is InChI=1S/C40H54O5S/c1-28-18-19-32(31(23-28)24-30-25-33(38(2,3)4)36(43)34(26-30)39(5,6)7)40(37(44)45,27-46-22-20-35(41)42)21-14-9-8-11-15-29-16-12-10-13-17-29/h10,12-13,16-19,23,25-26,43H,8-9,11,14-15,20-22,24,27H2,1-7H3,(H,41,42)(H,44,45). The fourth-order valence-electron chi connectivity index (χ4n) is 6.22. The van der Waals surface area contributed by atoms with E-state index in [1.807, 2.05) is 25.1 Å². The molecule has 0 amide bonds. The molecule has 0 saturated heterocycles. The Labute approximate surface area is 280 Å². The molecule has 0 spiro atoms. The molecule has 0 saturated carbocycles. The van der Waals surface area contributed by atoms with Crippen LogP contribution in [0.3, 0.4) is 0 Å². The minimum absolute atomic E-state index is 0.000719. The molecule has 5 nitrogen and oxygen atoms in total. The zero-order valence-corrected chi connectivity index (χ0v) is 29.7. The quantitative estimate of drug-likeness (QED) is 0.134. The van der Waals surface area contributed by atoms with Crippen LogP contribution >= 0.6 is 11.8 Å². The van der Waals surface area contributed by atoms with Crippen LogP contribution in [0.4, 0.5) is 0 Å². The molecule has 3 aromatic carbocycles. The van der Waals surface area contributed by atoms with Crippen LogP contribution in [-0.2, 0) is 38.7 Å². The first-order valence-electron chi connectivity index (χ1n) is 16.6. The Morgan fingerprint density at radius 1 is 0.739 bits per heavy atom. The summed E-state index contributed by atoms with van der Waals surface area (Å²) in [4.78, 5) is 24.7. The number of aryl methyl sites for hydroxylation is 2. The van der Waals surface area contributed by atoms with Crippen molar-refractivity contribution in [2.45, 2.75) is 116 Å². The van der Waals surface area contributed by atoms with E-state index in [2.05, 4.69) is 84.0 Å². The van der Waals surface area contributed by atoms with E-state index < -0.39 is 17.4 Å². The van der Waals surface area contributed by atoms with Crippen LogP contribution < -0.4 is 0 Å². The van der Waals surface area contributed by atoms with E-state index in [0.717, 1.165) is 65.5 Å². The number of phenols is 1. The van der Waals surface area contributed by atoms with Crippen molar-refractivity contribution in [3.05, 3.63) is 99.6 Å². The van der Waals surface area contributed by atoms with Crippen LogP contribution in [0.2, 0.25) is 0 Å². The first kappa shape index (κ1) is 37.2. The van der Waals surface area contributed by atoms with Crippen molar-refractivity contribution < 1.29 is 24.9 Å². The number of benzene rings is 3. The largest absolute Gasteiger partial charge is 0.507 e. The summed E-state index contributed by atoms with van der Waals surface area (Å²) in [5.41, 5.74) is 5.25. The Morgan fingerprint density at radius 2 is 1.35 bits per heavy atom. The van der Waals surface area contributed by atoms with Crippen LogP contribution in [-0.4, -0.2) is 38.8 Å². The third kappa shape index (κ3) is 10.1. The summed E-state index contributed by atoms with van der Waals surface area (Å²) >= 11 is 1.42. The van der Waals surface area contributed by atoms with E-state index in [9.17, 15) is 24.9 Å². The van der Waals surface area contributed by atoms with Crippen molar-refractivity contribution >= 4 is 23.7 Å². The van der Waals surface area contributed by atoms with E-state index in [1.54, 1.807) is 0 Å². The third-order valence-electron chi connectivity index (χ3n) is 8.84. The minimum Gasteiger partial charge on any atom is -0.507 e. The molecule has 0 aliphatic carbocycles. The van der Waals surface area contributed by atoms with Gasteiger partial charge in [-0.2, -0.15) is 11.8 Å². The van der Waals surface area contributed by atoms with E-state index >= 15 is 0 Å². The van der Waals surface area contributed by atoms with E-state index in [0.29, 0.717) is 30.1 Å². The van der Waals surface area contributed by atoms with Crippen LogP contribution in [0.1, 0.15) is 119 Å². The molecule has 0 aliphatic heterocycles. The van der Waals surface area contributed by atoms with Gasteiger partial charge in [0.05, 0.1) is 6.42 Å². The highest BCUT2D eigenvalue weighted by Gasteiger charge is 2.41. The summed E-state index contributed by atoms with van der Waals surface area (Å²) in [5.74, 6) is -0.730. The van der Waals surface area contributed by atoms with Gasteiger partial charge in [-0.15, -0.1) is 0 Å². The molecule has 1 atom stereocenters. The van der Waals surface area contributed by atoms with Gasteiger partial charge in [-0.1, -0.05) is 127 Å². The number of aromatic hydroxyl groups is 1. The van der Waals surface area contributed by atoms with Crippen molar-refractivity contribution in [2.24, 2.45) is 0 Å². The Balaban J connectivity index is 1.99. The lowest BCUT2D eigenvalue weighted by molar-refractivity contribution is -0.143. The smallest absolute Gasteiger partial charge is 0.314 e. The molecule has 250 valence electrons. The molecule has 0 bridgehead atoms. The third-order valence-corrected chi connectivity index (χ3v) is 10.0. The van der Waals surface area contributed by atoms with Crippen molar-refractivity contribution in [3.8, 4) is 5.75 Å². The van der Waals surface area contributed by atoms with Crippen LogP contribution in [0.5, 0.6) is 5.75 Å². The number of unbranched alkanes of at least 4 members (excludes halogenated alkanes) is 3. The molecule has 0 fully saturated rings. The van der Waals surface area contributed by atoms with Crippen molar-refractivity contribution in [1.29, 1.82) is 0 Å². The second kappa shape index (κ2) is 16.0. The van der Waals surface area contributed by atoms with Gasteiger partial charge in [0.1, 0.15) is 11.2 Å². The molecule has 6 heteroatoms. The van der Waals surface area contributed by atoms with Crippen molar-refractivity contribution in [2.75, 3.05) is 11.5 Å². The van der Waals surface area contributed by atoms with Gasteiger partial charge in [0.2, 0.25) is 0 Å². The van der Waals surface area contributed by atoms with Gasteiger partial charge in [-0.25, -0.2) is 0 Å². The zero-order chi connectivity index (χ0) is 34.1. The number of carboxylic acids is 2. The number of rotatable bonds is 16. The second-order valence-electron chi connectivity index (χ2n) is 14.9. The number of phenolic OH excluding ortho intramolecular Hbond substituents is 1. The van der Waals surface area contributed by atoms with Gasteiger partial charge in [0.15, 0.2) is 0 Å². The number of hydrogen-bond donors (Lipinski definition) is 3. The molecule has 1 unspecified atom stereocenters. The van der Waals surface area contributed by atoms with E-state index in [-0.39, 0.29) is 17.3 Å². The highest BCUT2D eigenvalue weighted by atomic mass is 32.2. The first-order valence-corrected chi connectivity index (χ1v) is 17.7. The summed E-state index contributed by atoms with van der Waals surface area (Å²) in [7, 11) is 0. The predicted octanol–water partition coefficient (Wildman–Crippen LogP) is 9.61. The van der Waals surface area contributed by atoms with Crippen molar-refractivity contribution in [1.82, 2.24) is 0 Å². The highest BCUT2D eigenvalue weighted by molar-refractivity contribution is 7.99. The van der Waals surface area contributed by atoms with Gasteiger partial charge in [-0.3, -0.25) is 9.59 Å². The highest BCUT2D eigenvalue weighted by Crippen LogP contribution is 2.42. The summed E-state index contributed by atoms with van der Waals surface area (Å²) in [6, 6.07) is 20.7. The van der Waals surface area contributed by atoms with E-state index in [4.69, 9.17) is 0 Å². The Bertz CT molecular complexity index is 1430. The predicted molar refractivity (Wildman–Crippen MR) is 192 cm³/mol. The van der Waals surface area contributed by atoms with Gasteiger partial charge >= 0.3 is 11.9 Å². The maximum Gasteiger partial charge on any atom is 0.314 e. The van der Waals surface area contributed by atoms with Crippen LogP contribution in [0.25, 0.3) is 0 Å². The fraction of sp³-hybridized carbons (Fsp3) is 0.500. The molecule has 3 aromatic rings. The maximum atomic E-state index is 13.4. The van der Waals surface area contributed by atoms with Crippen molar-refractivity contribution in [3.63, 3.8) is 0 Å². The molecule has 3 rings (SSSR count). The molecule has 46 heavy (non-hydrogen) atoms. The number of carbonyl (C=O) groups is 2. The van der Waals surface area contributed by atoms with Gasteiger partial charge in [-0.05, 0) is 76.8 Å². The second-order valence-corrected chi connectivity index (χ2v) is 16.0. The maximum absolute atomic E-state index is 13.4. The molecule has 0 aliphatic rings. The lowest BCUT2D eigenvalue weighted by Crippen LogP contribution is -2.40. The molecule has 0 aromatic heterocycles. The molecular weight excluding hydrogens is 593 g/mol. The van der Waals surface area contributed by atoms with Crippen LogP contribution in [0.15, 0.2) is 60.7 Å². The Hall–Kier alpha value is -3.25.